The zero-order valence-corrected chi connectivity index (χ0v) is 32.1. The molecular weight excluding hydrogens is 731 g/mol. The van der Waals surface area contributed by atoms with E-state index in [-0.39, 0.29) is 36.2 Å². The molecule has 1 unspecified atom stereocenters. The number of benzene rings is 4. The number of carbonyl (C=O) groups excluding carboxylic acids is 1. The minimum Gasteiger partial charge on any atom is -0.432 e. The van der Waals surface area contributed by atoms with Crippen molar-refractivity contribution in [3.05, 3.63) is 152 Å². The van der Waals surface area contributed by atoms with Crippen molar-refractivity contribution < 1.29 is 24.4 Å². The van der Waals surface area contributed by atoms with Gasteiger partial charge in [0.25, 0.3) is 17.2 Å². The van der Waals surface area contributed by atoms with Crippen LogP contribution in [-0.2, 0) is 28.2 Å². The summed E-state index contributed by atoms with van der Waals surface area (Å²) in [5.41, 5.74) is 1.12. The molecule has 4 heterocycles. The summed E-state index contributed by atoms with van der Waals surface area (Å²) in [6.07, 6.45) is 3.20. The molecule has 1 spiro atoms. The molecule has 0 saturated carbocycles. The average molecular weight is 772 g/mol. The van der Waals surface area contributed by atoms with Crippen molar-refractivity contribution in [1.82, 2.24) is 24.8 Å². The first kappa shape index (κ1) is 37.1. The monoisotopic (exact) mass is 771 g/mol. The molecule has 56 heavy (non-hydrogen) atoms. The molecule has 6 aromatic rings. The lowest BCUT2D eigenvalue weighted by Crippen LogP contribution is -2.46. The van der Waals surface area contributed by atoms with Crippen molar-refractivity contribution in [3.8, 4) is 5.69 Å². The van der Waals surface area contributed by atoms with Gasteiger partial charge in [0.2, 0.25) is 0 Å². The molecule has 5 atom stereocenters. The topological polar surface area (TPSA) is 179 Å². The molecule has 1 saturated heterocycles. The third kappa shape index (κ3) is 6.31. The molecule has 286 valence electrons. The molecule has 4 aromatic carbocycles. The minimum atomic E-state index is -3.04. The Morgan fingerprint density at radius 3 is 2.52 bits per heavy atom. The predicted molar refractivity (Wildman–Crippen MR) is 211 cm³/mol. The molecule has 15 heteroatoms. The van der Waals surface area contributed by atoms with Gasteiger partial charge in [-0.2, -0.15) is 9.78 Å². The number of nitro benzene ring substituents is 1. The summed E-state index contributed by atoms with van der Waals surface area (Å²) in [7, 11) is -3.04. The van der Waals surface area contributed by atoms with Gasteiger partial charge in [-0.25, -0.2) is 0 Å². The molecule has 0 bridgehead atoms. The number of nitrogens with zero attached hydrogens (tertiary/aromatic N) is 7. The number of aliphatic hydroxyl groups excluding tert-OH is 1. The molecule has 2 aromatic heterocycles. The fourth-order valence-electron chi connectivity index (χ4n) is 8.75. The van der Waals surface area contributed by atoms with Gasteiger partial charge in [0, 0.05) is 47.3 Å². The van der Waals surface area contributed by atoms with Gasteiger partial charge in [0.05, 0.1) is 58.7 Å². The van der Waals surface area contributed by atoms with Crippen LogP contribution in [0.2, 0.25) is 18.6 Å². The lowest BCUT2D eigenvalue weighted by molar-refractivity contribution is -0.385. The number of rotatable bonds is 11. The number of ether oxygens (including phenoxy) is 1. The minimum absolute atomic E-state index is 0.0854. The number of hydrogen-bond donors (Lipinski definition) is 2. The van der Waals surface area contributed by atoms with Crippen LogP contribution in [0.4, 0.5) is 11.4 Å². The lowest BCUT2D eigenvalue weighted by atomic mass is 9.82. The van der Waals surface area contributed by atoms with Gasteiger partial charge in [0.15, 0.2) is 13.9 Å². The van der Waals surface area contributed by atoms with Crippen molar-refractivity contribution in [1.29, 1.82) is 0 Å². The summed E-state index contributed by atoms with van der Waals surface area (Å²) >= 11 is 0. The second-order valence-electron chi connectivity index (χ2n) is 15.2. The first-order valence-electron chi connectivity index (χ1n) is 18.5. The van der Waals surface area contributed by atoms with E-state index in [1.54, 1.807) is 58.4 Å². The molecule has 0 radical (unpaired) electrons. The molecule has 2 aliphatic rings. The Morgan fingerprint density at radius 2 is 1.77 bits per heavy atom. The Balaban J connectivity index is 1.12. The average Bonchev–Trinajstić information content (AvgIpc) is 3.85. The Morgan fingerprint density at radius 1 is 1.00 bits per heavy atom. The third-order valence-corrected chi connectivity index (χ3v) is 13.8. The van der Waals surface area contributed by atoms with Crippen LogP contribution in [0, 0.1) is 16.0 Å². The molecule has 14 nitrogen and oxygen atoms in total. The molecule has 2 N–H and O–H groups in total. The molecule has 0 aliphatic carbocycles. The van der Waals surface area contributed by atoms with Crippen LogP contribution in [0.15, 0.2) is 114 Å². The SMILES string of the molecule is C[C@@H]1[C@@H]([Si](C)(C)O)[C@H](CCn2cc(C(CO)c3ccccc3)nn2)O[C@@]12C(=O)N(Cc1cccc(-n3ncc4ccccc4c3=O)c1)c1ccc([N+](=O)[O-])cc12. The maximum Gasteiger partial charge on any atom is 0.279 e. The molecule has 8 rings (SSSR count). The highest BCUT2D eigenvalue weighted by Crippen LogP contribution is 2.60. The van der Waals surface area contributed by atoms with E-state index in [9.17, 15) is 24.8 Å². The van der Waals surface area contributed by atoms with E-state index in [1.807, 2.05) is 68.5 Å². The van der Waals surface area contributed by atoms with Crippen LogP contribution in [0.1, 0.15) is 41.6 Å². The number of aryl methyl sites for hydroxylation is 1. The number of hydrogen-bond acceptors (Lipinski definition) is 10. The number of aromatic nitrogens is 5. The maximum absolute atomic E-state index is 15.0. The van der Waals surface area contributed by atoms with Gasteiger partial charge < -0.3 is 19.5 Å². The van der Waals surface area contributed by atoms with Gasteiger partial charge in [-0.3, -0.25) is 24.4 Å². The van der Waals surface area contributed by atoms with Gasteiger partial charge in [0.1, 0.15) is 0 Å². The Labute approximate surface area is 322 Å². The van der Waals surface area contributed by atoms with Gasteiger partial charge >= 0.3 is 0 Å². The summed E-state index contributed by atoms with van der Waals surface area (Å²) in [6.45, 7) is 5.82. The Hall–Kier alpha value is -5.87. The third-order valence-electron chi connectivity index (χ3n) is 11.3. The number of carbonyl (C=O) groups is 1. The number of non-ortho nitro benzene ring substituents is 1. The summed E-state index contributed by atoms with van der Waals surface area (Å²) in [5.74, 6) is -1.28. The zero-order valence-electron chi connectivity index (χ0n) is 31.1. The van der Waals surface area contributed by atoms with Crippen LogP contribution < -0.4 is 10.5 Å². The second kappa shape index (κ2) is 14.3. The highest BCUT2D eigenvalue weighted by molar-refractivity contribution is 6.71. The largest absolute Gasteiger partial charge is 0.432 e. The smallest absolute Gasteiger partial charge is 0.279 e. The van der Waals surface area contributed by atoms with Gasteiger partial charge in [-0.05, 0) is 54.9 Å². The standard InChI is InChI=1S/C41H41N7O7Si/c1-26-38(56(2,3)54)37(18-19-45-24-35(43-44-45)33(25-49)28-11-5-4-6-12-28)55-41(26)34-21-31(48(52)53)16-17-36(34)46(40(41)51)23-27-10-9-14-30(20-27)47-39(50)32-15-8-7-13-29(32)22-42-47/h4-17,20-22,24,26,33,37-38,49,54H,18-19,23,25H2,1-3H3/t26-,33?,37+,38-,41+/m1/s1. The van der Waals surface area contributed by atoms with Crippen LogP contribution in [0.5, 0.6) is 0 Å². The van der Waals surface area contributed by atoms with Crippen LogP contribution >= 0.6 is 0 Å². The predicted octanol–water partition coefficient (Wildman–Crippen LogP) is 5.44. The molecule has 1 fully saturated rings. The first-order valence-corrected chi connectivity index (χ1v) is 21.6. The summed E-state index contributed by atoms with van der Waals surface area (Å²) in [5, 5.41) is 36.6. The van der Waals surface area contributed by atoms with Crippen LogP contribution in [0.25, 0.3) is 16.5 Å². The van der Waals surface area contributed by atoms with Crippen molar-refractivity contribution in [2.75, 3.05) is 11.5 Å². The number of anilines is 1. The number of nitro groups is 1. The quantitative estimate of drug-likeness (QED) is 0.0979. The molecular formula is C41H41N7O7Si. The van der Waals surface area contributed by atoms with E-state index in [1.165, 1.54) is 16.8 Å². The van der Waals surface area contributed by atoms with E-state index in [4.69, 9.17) is 4.74 Å². The zero-order chi connectivity index (χ0) is 39.4. The maximum atomic E-state index is 15.0. The fraction of sp³-hybridized carbons (Fsp3) is 0.293. The van der Waals surface area contributed by atoms with E-state index in [2.05, 4.69) is 15.4 Å². The van der Waals surface area contributed by atoms with Gasteiger partial charge in [-0.1, -0.05) is 72.8 Å². The first-order chi connectivity index (χ1) is 26.9. The highest BCUT2D eigenvalue weighted by Gasteiger charge is 2.66. The normalized spacial score (nSPS) is 21.2. The van der Waals surface area contributed by atoms with E-state index in [0.29, 0.717) is 46.5 Å². The number of amides is 1. The summed E-state index contributed by atoms with van der Waals surface area (Å²) < 4.78 is 9.92. The number of aliphatic hydroxyl groups is 1. The Bertz CT molecular complexity index is 2520. The van der Waals surface area contributed by atoms with Gasteiger partial charge in [-0.15, -0.1) is 5.10 Å². The summed E-state index contributed by atoms with van der Waals surface area (Å²) in [4.78, 5) is 53.4. The lowest BCUT2D eigenvalue weighted by Gasteiger charge is -2.32. The van der Waals surface area contributed by atoms with Crippen molar-refractivity contribution in [2.24, 2.45) is 5.92 Å². The second-order valence-corrected chi connectivity index (χ2v) is 19.1. The van der Waals surface area contributed by atoms with Crippen molar-refractivity contribution in [3.63, 3.8) is 0 Å². The molecule has 2 aliphatic heterocycles. The van der Waals surface area contributed by atoms with Crippen LogP contribution in [-0.4, -0.2) is 66.5 Å². The van der Waals surface area contributed by atoms with Crippen LogP contribution in [0.3, 0.4) is 0 Å². The molecule has 1 amide bonds. The fourth-order valence-corrected chi connectivity index (χ4v) is 11.3. The van der Waals surface area contributed by atoms with E-state index < -0.39 is 36.4 Å². The van der Waals surface area contributed by atoms with E-state index in [0.717, 1.165) is 10.9 Å². The Kier molecular flexibility index (Phi) is 9.48. The van der Waals surface area contributed by atoms with Crippen molar-refractivity contribution >= 4 is 36.4 Å². The highest BCUT2D eigenvalue weighted by atomic mass is 28.4. The van der Waals surface area contributed by atoms with Crippen molar-refractivity contribution in [2.45, 2.75) is 62.7 Å². The summed E-state index contributed by atoms with van der Waals surface area (Å²) in [6, 6.07) is 28.4. The number of fused-ring (bicyclic) bond motifs is 3. The van der Waals surface area contributed by atoms with E-state index >= 15 is 4.79 Å².